The van der Waals surface area contributed by atoms with Crippen LogP contribution in [0.5, 0.6) is 0 Å². The third kappa shape index (κ3) is 4.87. The summed E-state index contributed by atoms with van der Waals surface area (Å²) < 4.78 is 0. The highest BCUT2D eigenvalue weighted by Crippen LogP contribution is 2.25. The maximum absolute atomic E-state index is 3.38. The largest absolute Gasteiger partial charge is 0.319 e. The van der Waals surface area contributed by atoms with Gasteiger partial charge in [0.2, 0.25) is 0 Å². The summed E-state index contributed by atoms with van der Waals surface area (Å²) in [7, 11) is 4.33. The van der Waals surface area contributed by atoms with E-state index in [2.05, 4.69) is 50.0 Å². The molecule has 18 heavy (non-hydrogen) atoms. The van der Waals surface area contributed by atoms with Crippen LogP contribution in [0, 0.1) is 5.41 Å². The van der Waals surface area contributed by atoms with Gasteiger partial charge in [0.25, 0.3) is 0 Å². The number of likely N-dealkylation sites (N-methyl/N-ethyl adjacent to an activating group) is 1. The molecule has 0 aromatic heterocycles. The number of nitrogens with one attached hydrogen (secondary N) is 1. The molecule has 3 nitrogen and oxygen atoms in total. The Kier molecular flexibility index (Phi) is 6.61. The maximum Gasteiger partial charge on any atom is 0.0195 e. The predicted octanol–water partition coefficient (Wildman–Crippen LogP) is 2.04. The molecule has 0 aliphatic carbocycles. The topological polar surface area (TPSA) is 18.5 Å². The monoisotopic (exact) mass is 255 g/mol. The van der Waals surface area contributed by atoms with Crippen LogP contribution in [0.15, 0.2) is 0 Å². The van der Waals surface area contributed by atoms with Crippen LogP contribution >= 0.6 is 0 Å². The Bertz CT molecular complexity index is 224. The lowest BCUT2D eigenvalue weighted by Gasteiger charge is -2.38. The molecule has 0 aromatic rings. The highest BCUT2D eigenvalue weighted by atomic mass is 15.2. The van der Waals surface area contributed by atoms with E-state index in [1.807, 2.05) is 0 Å². The Morgan fingerprint density at radius 3 is 2.67 bits per heavy atom. The third-order valence-corrected chi connectivity index (χ3v) is 4.23. The SMILES string of the molecule is CCCC(C)(CNC)CN1CCCN(C)CC1C. The molecule has 0 bridgehead atoms. The van der Waals surface area contributed by atoms with E-state index in [-0.39, 0.29) is 0 Å². The van der Waals surface area contributed by atoms with Gasteiger partial charge in [0.05, 0.1) is 0 Å². The summed E-state index contributed by atoms with van der Waals surface area (Å²) in [5, 5.41) is 3.38. The quantitative estimate of drug-likeness (QED) is 0.783. The molecule has 1 aliphatic heterocycles. The molecule has 0 saturated carbocycles. The Morgan fingerprint density at radius 2 is 2.06 bits per heavy atom. The van der Waals surface area contributed by atoms with Crippen LogP contribution in [-0.4, -0.2) is 62.7 Å². The minimum absolute atomic E-state index is 0.417. The van der Waals surface area contributed by atoms with Gasteiger partial charge in [0, 0.05) is 25.7 Å². The number of rotatable bonds is 6. The zero-order valence-corrected chi connectivity index (χ0v) is 13.1. The minimum Gasteiger partial charge on any atom is -0.319 e. The minimum atomic E-state index is 0.417. The molecule has 1 rings (SSSR count). The molecule has 2 unspecified atom stereocenters. The average Bonchev–Trinajstić information content (AvgIpc) is 2.41. The fourth-order valence-electron chi connectivity index (χ4n) is 3.40. The van der Waals surface area contributed by atoms with E-state index in [0.29, 0.717) is 11.5 Å². The van der Waals surface area contributed by atoms with Crippen LogP contribution < -0.4 is 5.32 Å². The van der Waals surface area contributed by atoms with Gasteiger partial charge >= 0.3 is 0 Å². The lowest BCUT2D eigenvalue weighted by Crippen LogP contribution is -2.46. The molecule has 2 atom stereocenters. The van der Waals surface area contributed by atoms with Crippen molar-refractivity contribution in [2.75, 3.05) is 46.8 Å². The maximum atomic E-state index is 3.38. The van der Waals surface area contributed by atoms with E-state index < -0.39 is 0 Å². The summed E-state index contributed by atoms with van der Waals surface area (Å²) in [4.78, 5) is 5.18. The van der Waals surface area contributed by atoms with Gasteiger partial charge in [-0.3, -0.25) is 4.90 Å². The lowest BCUT2D eigenvalue weighted by atomic mass is 9.84. The van der Waals surface area contributed by atoms with Gasteiger partial charge in [0.1, 0.15) is 0 Å². The van der Waals surface area contributed by atoms with Crippen LogP contribution in [0.1, 0.15) is 40.0 Å². The molecule has 0 aromatic carbocycles. The Hall–Kier alpha value is -0.120. The van der Waals surface area contributed by atoms with Crippen molar-refractivity contribution in [3.8, 4) is 0 Å². The third-order valence-electron chi connectivity index (χ3n) is 4.23. The van der Waals surface area contributed by atoms with Crippen LogP contribution in [0.25, 0.3) is 0 Å². The second kappa shape index (κ2) is 7.46. The molecule has 108 valence electrons. The normalized spacial score (nSPS) is 26.8. The molecule has 0 spiro atoms. The van der Waals surface area contributed by atoms with Crippen molar-refractivity contribution in [3.63, 3.8) is 0 Å². The van der Waals surface area contributed by atoms with Gasteiger partial charge in [-0.2, -0.15) is 0 Å². The highest BCUT2D eigenvalue weighted by Gasteiger charge is 2.29. The first-order valence-electron chi connectivity index (χ1n) is 7.58. The van der Waals surface area contributed by atoms with Gasteiger partial charge in [-0.05, 0) is 52.4 Å². The second-order valence-corrected chi connectivity index (χ2v) is 6.53. The van der Waals surface area contributed by atoms with E-state index in [9.17, 15) is 0 Å². The van der Waals surface area contributed by atoms with Gasteiger partial charge in [-0.15, -0.1) is 0 Å². The fraction of sp³-hybridized carbons (Fsp3) is 1.00. The molecule has 1 N–H and O–H groups in total. The molecule has 1 aliphatic rings. The molecular weight excluding hydrogens is 222 g/mol. The van der Waals surface area contributed by atoms with Gasteiger partial charge in [-0.1, -0.05) is 20.3 Å². The number of hydrogen-bond donors (Lipinski definition) is 1. The van der Waals surface area contributed by atoms with Crippen molar-refractivity contribution in [2.24, 2.45) is 5.41 Å². The zero-order chi connectivity index (χ0) is 13.6. The van der Waals surface area contributed by atoms with E-state index in [4.69, 9.17) is 0 Å². The van der Waals surface area contributed by atoms with Crippen LogP contribution in [0.4, 0.5) is 0 Å². The predicted molar refractivity (Wildman–Crippen MR) is 80.1 cm³/mol. The van der Waals surface area contributed by atoms with E-state index in [1.54, 1.807) is 0 Å². The summed E-state index contributed by atoms with van der Waals surface area (Å²) >= 11 is 0. The van der Waals surface area contributed by atoms with Crippen molar-refractivity contribution >= 4 is 0 Å². The smallest absolute Gasteiger partial charge is 0.0195 e. The van der Waals surface area contributed by atoms with E-state index >= 15 is 0 Å². The Balaban J connectivity index is 2.61. The van der Waals surface area contributed by atoms with E-state index in [0.717, 1.165) is 6.54 Å². The molecule has 1 fully saturated rings. The molecule has 1 heterocycles. The van der Waals surface area contributed by atoms with Crippen molar-refractivity contribution in [1.82, 2.24) is 15.1 Å². The number of nitrogens with zero attached hydrogens (tertiary/aromatic N) is 2. The Morgan fingerprint density at radius 1 is 1.33 bits per heavy atom. The first-order valence-corrected chi connectivity index (χ1v) is 7.58. The van der Waals surface area contributed by atoms with Crippen LogP contribution in [0.3, 0.4) is 0 Å². The van der Waals surface area contributed by atoms with Crippen LogP contribution in [0.2, 0.25) is 0 Å². The molecular formula is C15H33N3. The molecule has 1 saturated heterocycles. The molecule has 0 amide bonds. The van der Waals surface area contributed by atoms with Crippen molar-refractivity contribution in [3.05, 3.63) is 0 Å². The first-order chi connectivity index (χ1) is 8.50. The van der Waals surface area contributed by atoms with Crippen molar-refractivity contribution < 1.29 is 0 Å². The summed E-state index contributed by atoms with van der Waals surface area (Å²) in [6, 6.07) is 0.686. The molecule has 0 radical (unpaired) electrons. The Labute approximate surface area is 114 Å². The van der Waals surface area contributed by atoms with Gasteiger partial charge < -0.3 is 10.2 Å². The highest BCUT2D eigenvalue weighted by molar-refractivity contribution is 4.84. The van der Waals surface area contributed by atoms with Gasteiger partial charge in [0.15, 0.2) is 0 Å². The van der Waals surface area contributed by atoms with Crippen molar-refractivity contribution in [1.29, 1.82) is 0 Å². The summed E-state index contributed by atoms with van der Waals surface area (Å²) in [5.41, 5.74) is 0.417. The van der Waals surface area contributed by atoms with Crippen molar-refractivity contribution in [2.45, 2.75) is 46.1 Å². The van der Waals surface area contributed by atoms with Crippen LogP contribution in [-0.2, 0) is 0 Å². The first kappa shape index (κ1) is 15.9. The summed E-state index contributed by atoms with van der Waals surface area (Å²) in [6.45, 7) is 13.2. The van der Waals surface area contributed by atoms with Gasteiger partial charge in [-0.25, -0.2) is 0 Å². The van der Waals surface area contributed by atoms with E-state index in [1.165, 1.54) is 45.4 Å². The lowest BCUT2D eigenvalue weighted by molar-refractivity contribution is 0.118. The summed E-state index contributed by atoms with van der Waals surface area (Å²) in [5.74, 6) is 0. The zero-order valence-electron chi connectivity index (χ0n) is 13.1. The average molecular weight is 255 g/mol. The fourth-order valence-corrected chi connectivity index (χ4v) is 3.40. The summed E-state index contributed by atoms with van der Waals surface area (Å²) in [6.07, 6.45) is 3.90. The second-order valence-electron chi connectivity index (χ2n) is 6.53. The molecule has 3 heteroatoms. The standard InChI is InChI=1S/C15H33N3/c1-6-8-15(3,12-16-4)13-18-10-7-9-17(5)11-14(18)2/h14,16H,6-13H2,1-5H3. The number of hydrogen-bond acceptors (Lipinski definition) is 3.